The van der Waals surface area contributed by atoms with Gasteiger partial charge in [-0.1, -0.05) is 13.8 Å². The minimum Gasteiger partial charge on any atom is -0.349 e. The van der Waals surface area contributed by atoms with Gasteiger partial charge in [0.2, 0.25) is 5.91 Å². The molecule has 4 aliphatic rings. The Kier molecular flexibility index (Phi) is 3.90. The Bertz CT molecular complexity index is 654. The lowest BCUT2D eigenvalue weighted by Gasteiger charge is -2.61. The smallest absolute Gasteiger partial charge is 0.237 e. The second-order valence-corrected chi connectivity index (χ2v) is 9.32. The summed E-state index contributed by atoms with van der Waals surface area (Å²) in [5.41, 5.74) is 5.92. The molecule has 1 aromatic heterocycles. The first-order chi connectivity index (χ1) is 11.8. The second kappa shape index (κ2) is 5.76. The van der Waals surface area contributed by atoms with Crippen LogP contribution < -0.4 is 11.1 Å². The normalized spacial score (nSPS) is 37.5. The van der Waals surface area contributed by atoms with E-state index in [1.807, 2.05) is 11.7 Å². The molecule has 1 amide bonds. The number of hydrogen-bond acceptors (Lipinski definition) is 5. The summed E-state index contributed by atoms with van der Waals surface area (Å²) in [5.74, 6) is 2.41. The summed E-state index contributed by atoms with van der Waals surface area (Å²) in [5, 5.41) is 16.3. The van der Waals surface area contributed by atoms with Crippen LogP contribution in [-0.2, 0) is 10.3 Å². The number of aryl methyl sites for hydroxylation is 1. The number of aromatic nitrogens is 4. The highest BCUT2D eigenvalue weighted by atomic mass is 16.2. The van der Waals surface area contributed by atoms with E-state index in [1.165, 1.54) is 6.42 Å². The van der Waals surface area contributed by atoms with E-state index in [0.717, 1.165) is 38.5 Å². The van der Waals surface area contributed by atoms with Crippen molar-refractivity contribution in [3.63, 3.8) is 0 Å². The third kappa shape index (κ3) is 2.96. The third-order valence-electron chi connectivity index (χ3n) is 6.42. The standard InChI is InChI=1S/C18H30N6O/c1-11(2)4-15(19)16(25)20-17-6-13-5-14(7-17)9-18(8-13,10-17)24-22-12(3)21-23-24/h11,13-15H,4-10,19H2,1-3H3,(H,20,25)/t13-,14-,15-,17?,18?/m1/s1. The molecule has 0 unspecified atom stereocenters. The van der Waals surface area contributed by atoms with Crippen LogP contribution in [0.4, 0.5) is 0 Å². The van der Waals surface area contributed by atoms with E-state index in [9.17, 15) is 4.79 Å². The second-order valence-electron chi connectivity index (χ2n) is 9.32. The molecule has 0 radical (unpaired) electrons. The van der Waals surface area contributed by atoms with Crippen LogP contribution in [0.2, 0.25) is 0 Å². The molecule has 1 heterocycles. The van der Waals surface area contributed by atoms with Crippen molar-refractivity contribution in [2.24, 2.45) is 23.5 Å². The van der Waals surface area contributed by atoms with Crippen LogP contribution in [-0.4, -0.2) is 37.7 Å². The maximum absolute atomic E-state index is 12.7. The van der Waals surface area contributed by atoms with Gasteiger partial charge >= 0.3 is 0 Å². The SMILES string of the molecule is Cc1nnn(C23C[C@@H]4C[C@H](CC(NC(=O)[C@H](N)CC(C)C)(C4)C2)C3)n1. The largest absolute Gasteiger partial charge is 0.349 e. The fraction of sp³-hybridized carbons (Fsp3) is 0.889. The van der Waals surface area contributed by atoms with Crippen molar-refractivity contribution in [2.45, 2.75) is 82.8 Å². The van der Waals surface area contributed by atoms with Crippen LogP contribution in [0.5, 0.6) is 0 Å². The van der Waals surface area contributed by atoms with Crippen LogP contribution in [0.1, 0.15) is 64.6 Å². The monoisotopic (exact) mass is 346 g/mol. The molecule has 1 aromatic rings. The Hall–Kier alpha value is -1.50. The van der Waals surface area contributed by atoms with Gasteiger partial charge in [-0.25, -0.2) is 0 Å². The highest BCUT2D eigenvalue weighted by Gasteiger charge is 2.60. The first kappa shape index (κ1) is 16.9. The lowest BCUT2D eigenvalue weighted by molar-refractivity contribution is -0.133. The van der Waals surface area contributed by atoms with Gasteiger partial charge in [0.05, 0.1) is 11.6 Å². The molecule has 3 N–H and O–H groups in total. The van der Waals surface area contributed by atoms with E-state index >= 15 is 0 Å². The van der Waals surface area contributed by atoms with E-state index in [1.54, 1.807) is 0 Å². The quantitative estimate of drug-likeness (QED) is 0.842. The lowest BCUT2D eigenvalue weighted by Crippen LogP contribution is -2.67. The van der Waals surface area contributed by atoms with Gasteiger partial charge in [0.25, 0.3) is 0 Å². The molecule has 7 heteroatoms. The molecule has 138 valence electrons. The summed E-state index contributed by atoms with van der Waals surface area (Å²) in [7, 11) is 0. The number of carbonyl (C=O) groups excluding carboxylic acids is 1. The van der Waals surface area contributed by atoms with Gasteiger partial charge < -0.3 is 11.1 Å². The Labute approximate surface area is 149 Å². The summed E-state index contributed by atoms with van der Waals surface area (Å²) in [4.78, 5) is 14.6. The van der Waals surface area contributed by atoms with Gasteiger partial charge in [-0.05, 0) is 74.8 Å². The topological polar surface area (TPSA) is 98.7 Å². The summed E-state index contributed by atoms with van der Waals surface area (Å²) < 4.78 is 0. The van der Waals surface area contributed by atoms with Gasteiger partial charge in [-0.2, -0.15) is 4.80 Å². The number of hydrogen-bond donors (Lipinski definition) is 2. The van der Waals surface area contributed by atoms with Crippen LogP contribution in [0.3, 0.4) is 0 Å². The molecule has 4 bridgehead atoms. The highest BCUT2D eigenvalue weighted by molar-refractivity contribution is 5.82. The fourth-order valence-electron chi connectivity index (χ4n) is 6.05. The molecule has 0 spiro atoms. The van der Waals surface area contributed by atoms with E-state index in [2.05, 4.69) is 34.6 Å². The molecule has 0 aromatic carbocycles. The summed E-state index contributed by atoms with van der Waals surface area (Å²) in [6, 6.07) is -0.421. The van der Waals surface area contributed by atoms with Crippen LogP contribution in [0.25, 0.3) is 0 Å². The molecule has 5 rings (SSSR count). The Morgan fingerprint density at radius 3 is 2.56 bits per heavy atom. The molecule has 4 saturated carbocycles. The number of amides is 1. The Morgan fingerprint density at radius 1 is 1.32 bits per heavy atom. The molecule has 7 nitrogen and oxygen atoms in total. The molecule has 3 atom stereocenters. The van der Waals surface area contributed by atoms with Crippen molar-refractivity contribution in [3.8, 4) is 0 Å². The summed E-state index contributed by atoms with van der Waals surface area (Å²) >= 11 is 0. The predicted octanol–water partition coefficient (Wildman–Crippen LogP) is 1.52. The Morgan fingerprint density at radius 2 is 2.00 bits per heavy atom. The highest BCUT2D eigenvalue weighted by Crippen LogP contribution is 2.60. The van der Waals surface area contributed by atoms with Crippen LogP contribution in [0, 0.1) is 24.7 Å². The zero-order chi connectivity index (χ0) is 17.8. The number of nitrogens with two attached hydrogens (primary N) is 1. The van der Waals surface area contributed by atoms with Crippen molar-refractivity contribution in [1.82, 2.24) is 25.5 Å². The van der Waals surface area contributed by atoms with Crippen molar-refractivity contribution in [3.05, 3.63) is 5.82 Å². The van der Waals surface area contributed by atoms with Crippen LogP contribution >= 0.6 is 0 Å². The minimum absolute atomic E-state index is 0.00790. The van der Waals surface area contributed by atoms with E-state index < -0.39 is 6.04 Å². The average molecular weight is 346 g/mol. The number of nitrogens with zero attached hydrogens (tertiary/aromatic N) is 4. The number of tetrazole rings is 1. The Balaban J connectivity index is 1.57. The van der Waals surface area contributed by atoms with Crippen molar-refractivity contribution >= 4 is 5.91 Å². The fourth-order valence-corrected chi connectivity index (χ4v) is 6.05. The van der Waals surface area contributed by atoms with Gasteiger partial charge in [-0.3, -0.25) is 4.79 Å². The molecule has 25 heavy (non-hydrogen) atoms. The van der Waals surface area contributed by atoms with E-state index in [0.29, 0.717) is 23.6 Å². The van der Waals surface area contributed by atoms with Crippen LogP contribution in [0.15, 0.2) is 0 Å². The lowest BCUT2D eigenvalue weighted by atomic mass is 9.50. The molecular formula is C18H30N6O. The van der Waals surface area contributed by atoms with Gasteiger partial charge in [0, 0.05) is 5.54 Å². The molecular weight excluding hydrogens is 316 g/mol. The van der Waals surface area contributed by atoms with E-state index in [4.69, 9.17) is 5.73 Å². The minimum atomic E-state index is -0.421. The predicted molar refractivity (Wildman–Crippen MR) is 93.5 cm³/mol. The first-order valence-corrected chi connectivity index (χ1v) is 9.64. The zero-order valence-corrected chi connectivity index (χ0v) is 15.5. The average Bonchev–Trinajstić information content (AvgIpc) is 2.92. The maximum atomic E-state index is 12.7. The number of rotatable bonds is 5. The van der Waals surface area contributed by atoms with Gasteiger partial charge in [0.1, 0.15) is 0 Å². The third-order valence-corrected chi connectivity index (χ3v) is 6.42. The first-order valence-electron chi connectivity index (χ1n) is 9.64. The summed E-state index contributed by atoms with van der Waals surface area (Å²) in [6.07, 6.45) is 7.25. The maximum Gasteiger partial charge on any atom is 0.237 e. The molecule has 0 saturated heterocycles. The van der Waals surface area contributed by atoms with Crippen molar-refractivity contribution < 1.29 is 4.79 Å². The van der Waals surface area contributed by atoms with Crippen molar-refractivity contribution in [2.75, 3.05) is 0 Å². The molecule has 0 aliphatic heterocycles. The number of carbonyl (C=O) groups is 1. The molecule has 4 aliphatic carbocycles. The zero-order valence-electron chi connectivity index (χ0n) is 15.5. The summed E-state index contributed by atoms with van der Waals surface area (Å²) in [6.45, 7) is 6.09. The van der Waals surface area contributed by atoms with Gasteiger partial charge in [0.15, 0.2) is 5.82 Å². The number of nitrogens with one attached hydrogen (secondary N) is 1. The molecule has 4 fully saturated rings. The van der Waals surface area contributed by atoms with Gasteiger partial charge in [-0.15, -0.1) is 10.2 Å². The van der Waals surface area contributed by atoms with Crippen molar-refractivity contribution in [1.29, 1.82) is 0 Å². The van der Waals surface area contributed by atoms with E-state index in [-0.39, 0.29) is 17.0 Å².